The number of hydrogen-bond acceptors (Lipinski definition) is 3. The van der Waals surface area contributed by atoms with E-state index >= 15 is 0 Å². The van der Waals surface area contributed by atoms with Gasteiger partial charge < -0.3 is 10.5 Å². The third-order valence-corrected chi connectivity index (χ3v) is 3.95. The van der Waals surface area contributed by atoms with Crippen LogP contribution in [0.15, 0.2) is 12.1 Å². The number of hydrogen-bond donors (Lipinski definition) is 1. The van der Waals surface area contributed by atoms with E-state index in [1.165, 1.54) is 13.2 Å². The normalized spacial score (nSPS) is 22.9. The van der Waals surface area contributed by atoms with Gasteiger partial charge in [-0.1, -0.05) is 0 Å². The Morgan fingerprint density at radius 2 is 1.90 bits per heavy atom. The van der Waals surface area contributed by atoms with Crippen LogP contribution in [-0.2, 0) is 0 Å². The van der Waals surface area contributed by atoms with Gasteiger partial charge in [-0.3, -0.25) is 4.79 Å². The van der Waals surface area contributed by atoms with Gasteiger partial charge in [0.25, 0.3) is 5.91 Å². The molecule has 1 aromatic rings. The van der Waals surface area contributed by atoms with Crippen LogP contribution in [0.25, 0.3) is 0 Å². The van der Waals surface area contributed by atoms with Crippen LogP contribution in [0.4, 0.5) is 13.2 Å². The van der Waals surface area contributed by atoms with Crippen LogP contribution in [0.3, 0.4) is 0 Å². The Morgan fingerprint density at radius 3 is 2.38 bits per heavy atom. The molecule has 1 fully saturated rings. The number of primary amides is 1. The second-order valence-electron chi connectivity index (χ2n) is 5.25. The second kappa shape index (κ2) is 5.91. The summed E-state index contributed by atoms with van der Waals surface area (Å²) in [5.41, 5.74) is 6.02. The number of rotatable bonds is 3. The first kappa shape index (κ1) is 15.6. The quantitative estimate of drug-likeness (QED) is 0.933. The van der Waals surface area contributed by atoms with Gasteiger partial charge in [-0.2, -0.15) is 13.2 Å². The lowest BCUT2D eigenvalue weighted by Crippen LogP contribution is -2.27. The minimum atomic E-state index is -4.12. The van der Waals surface area contributed by atoms with Crippen LogP contribution in [0.5, 0.6) is 5.88 Å². The molecule has 0 unspecified atom stereocenters. The smallest absolute Gasteiger partial charge is 0.391 e. The largest absolute Gasteiger partial charge is 0.480 e. The summed E-state index contributed by atoms with van der Waals surface area (Å²) in [6, 6.07) is 3.15. The van der Waals surface area contributed by atoms with E-state index in [2.05, 4.69) is 4.98 Å². The fraction of sp³-hybridized carbons (Fsp3) is 0.571. The zero-order valence-corrected chi connectivity index (χ0v) is 11.6. The topological polar surface area (TPSA) is 65.2 Å². The number of carbonyl (C=O) groups excluding carboxylic acids is 1. The van der Waals surface area contributed by atoms with Gasteiger partial charge in [0, 0.05) is 11.6 Å². The molecule has 0 saturated heterocycles. The summed E-state index contributed by atoms with van der Waals surface area (Å²) in [4.78, 5) is 15.4. The number of halogens is 3. The highest BCUT2D eigenvalue weighted by Crippen LogP contribution is 2.42. The van der Waals surface area contributed by atoms with Crippen molar-refractivity contribution in [3.63, 3.8) is 0 Å². The Labute approximate surface area is 120 Å². The first-order valence-corrected chi connectivity index (χ1v) is 6.74. The Bertz CT molecular complexity index is 523. The van der Waals surface area contributed by atoms with E-state index in [1.54, 1.807) is 6.07 Å². The number of methoxy groups -OCH3 is 1. The van der Waals surface area contributed by atoms with Crippen LogP contribution >= 0.6 is 0 Å². The molecule has 116 valence electrons. The average molecular weight is 302 g/mol. The minimum absolute atomic E-state index is 0.0422. The predicted molar refractivity (Wildman–Crippen MR) is 70.1 cm³/mol. The van der Waals surface area contributed by atoms with Gasteiger partial charge in [0.1, 0.15) is 5.56 Å². The van der Waals surface area contributed by atoms with Gasteiger partial charge in [0.2, 0.25) is 5.88 Å². The van der Waals surface area contributed by atoms with E-state index in [-0.39, 0.29) is 30.2 Å². The number of pyridine rings is 1. The highest BCUT2D eigenvalue weighted by molar-refractivity contribution is 5.95. The zero-order chi connectivity index (χ0) is 15.6. The summed E-state index contributed by atoms with van der Waals surface area (Å²) in [6.07, 6.45) is -3.05. The van der Waals surface area contributed by atoms with E-state index in [4.69, 9.17) is 10.5 Å². The molecule has 1 aliphatic rings. The number of ether oxygens (including phenoxy) is 1. The Hall–Kier alpha value is -1.79. The summed E-state index contributed by atoms with van der Waals surface area (Å²) >= 11 is 0. The number of alkyl halides is 3. The molecule has 0 atom stereocenters. The highest BCUT2D eigenvalue weighted by Gasteiger charge is 2.41. The van der Waals surface area contributed by atoms with Gasteiger partial charge in [-0.25, -0.2) is 4.98 Å². The lowest BCUT2D eigenvalue weighted by molar-refractivity contribution is -0.182. The summed E-state index contributed by atoms with van der Waals surface area (Å²) in [6.45, 7) is 0. The highest BCUT2D eigenvalue weighted by atomic mass is 19.4. The molecule has 0 spiro atoms. The maximum atomic E-state index is 12.6. The molecule has 1 saturated carbocycles. The van der Waals surface area contributed by atoms with Crippen LogP contribution in [0, 0.1) is 5.92 Å². The third-order valence-electron chi connectivity index (χ3n) is 3.95. The lowest BCUT2D eigenvalue weighted by Gasteiger charge is -2.29. The third kappa shape index (κ3) is 3.46. The Kier molecular flexibility index (Phi) is 4.39. The van der Waals surface area contributed by atoms with Crippen molar-refractivity contribution in [2.45, 2.75) is 37.8 Å². The lowest BCUT2D eigenvalue weighted by atomic mass is 9.80. The molecule has 0 bridgehead atoms. The average Bonchev–Trinajstić information content (AvgIpc) is 2.45. The van der Waals surface area contributed by atoms with Crippen LogP contribution in [0.1, 0.15) is 47.7 Å². The number of nitrogens with two attached hydrogens (primary N) is 1. The van der Waals surface area contributed by atoms with Crippen molar-refractivity contribution < 1.29 is 22.7 Å². The number of amides is 1. The van der Waals surface area contributed by atoms with Crippen molar-refractivity contribution in [2.24, 2.45) is 11.7 Å². The summed E-state index contributed by atoms with van der Waals surface area (Å²) < 4.78 is 43.0. The van der Waals surface area contributed by atoms with E-state index in [0.717, 1.165) is 0 Å². The zero-order valence-electron chi connectivity index (χ0n) is 11.6. The molecule has 1 amide bonds. The molecule has 1 heterocycles. The molecule has 1 aromatic heterocycles. The predicted octanol–water partition coefficient (Wildman–Crippen LogP) is 3.03. The van der Waals surface area contributed by atoms with Crippen molar-refractivity contribution in [1.82, 2.24) is 4.98 Å². The fourth-order valence-corrected chi connectivity index (χ4v) is 2.74. The second-order valence-corrected chi connectivity index (χ2v) is 5.25. The van der Waals surface area contributed by atoms with E-state index in [0.29, 0.717) is 18.5 Å². The van der Waals surface area contributed by atoms with E-state index < -0.39 is 18.0 Å². The SMILES string of the molecule is COc1nc(C2CCC(C(F)(F)F)CC2)ccc1C(N)=O. The molecule has 21 heavy (non-hydrogen) atoms. The molecule has 2 N–H and O–H groups in total. The molecular formula is C14H17F3N2O2. The van der Waals surface area contributed by atoms with Gasteiger partial charge in [0.05, 0.1) is 13.0 Å². The first-order valence-electron chi connectivity index (χ1n) is 6.74. The van der Waals surface area contributed by atoms with Crippen molar-refractivity contribution in [3.05, 3.63) is 23.4 Å². The van der Waals surface area contributed by atoms with Gasteiger partial charge >= 0.3 is 6.18 Å². The van der Waals surface area contributed by atoms with Crippen LogP contribution < -0.4 is 10.5 Å². The number of nitrogens with zero attached hydrogens (tertiary/aromatic N) is 1. The van der Waals surface area contributed by atoms with Crippen LogP contribution in [0.2, 0.25) is 0 Å². The number of carbonyl (C=O) groups is 1. The van der Waals surface area contributed by atoms with E-state index in [9.17, 15) is 18.0 Å². The first-order chi connectivity index (χ1) is 9.82. The van der Waals surface area contributed by atoms with Gasteiger partial charge in [-0.15, -0.1) is 0 Å². The molecule has 1 aliphatic carbocycles. The Morgan fingerprint density at radius 1 is 1.29 bits per heavy atom. The van der Waals surface area contributed by atoms with Gasteiger partial charge in [-0.05, 0) is 37.8 Å². The molecule has 2 rings (SSSR count). The summed E-state index contributed by atoms with van der Waals surface area (Å²) in [5, 5.41) is 0. The van der Waals surface area contributed by atoms with Crippen molar-refractivity contribution in [1.29, 1.82) is 0 Å². The molecule has 7 heteroatoms. The van der Waals surface area contributed by atoms with Crippen LogP contribution in [-0.4, -0.2) is 24.2 Å². The standard InChI is InChI=1S/C14H17F3N2O2/c1-21-13-10(12(18)20)6-7-11(19-13)8-2-4-9(5-3-8)14(15,16)17/h6-9H,2-5H2,1H3,(H2,18,20). The Balaban J connectivity index is 2.12. The number of aromatic nitrogens is 1. The summed E-state index contributed by atoms with van der Waals surface area (Å²) in [5.74, 6) is -1.79. The van der Waals surface area contributed by atoms with Crippen molar-refractivity contribution in [2.75, 3.05) is 7.11 Å². The minimum Gasteiger partial charge on any atom is -0.480 e. The maximum absolute atomic E-state index is 12.6. The maximum Gasteiger partial charge on any atom is 0.391 e. The molecular weight excluding hydrogens is 285 g/mol. The van der Waals surface area contributed by atoms with Crippen molar-refractivity contribution >= 4 is 5.91 Å². The molecule has 0 radical (unpaired) electrons. The molecule has 4 nitrogen and oxygen atoms in total. The fourth-order valence-electron chi connectivity index (χ4n) is 2.74. The van der Waals surface area contributed by atoms with Crippen molar-refractivity contribution in [3.8, 4) is 5.88 Å². The molecule has 0 aromatic carbocycles. The monoisotopic (exact) mass is 302 g/mol. The van der Waals surface area contributed by atoms with Gasteiger partial charge in [0.15, 0.2) is 0 Å². The summed E-state index contributed by atoms with van der Waals surface area (Å²) in [7, 11) is 1.37. The van der Waals surface area contributed by atoms with E-state index in [1.807, 2.05) is 0 Å². The molecule has 0 aliphatic heterocycles.